The van der Waals surface area contributed by atoms with Crippen molar-refractivity contribution < 1.29 is 4.21 Å². The van der Waals surface area contributed by atoms with Gasteiger partial charge in [0.05, 0.1) is 10.5 Å². The summed E-state index contributed by atoms with van der Waals surface area (Å²) in [4.78, 5) is 0. The molecule has 2 heterocycles. The quantitative estimate of drug-likeness (QED) is 0.660. The zero-order chi connectivity index (χ0) is 15.5. The molecule has 20 heavy (non-hydrogen) atoms. The fourth-order valence-corrected chi connectivity index (χ4v) is 7.83. The molecule has 5 atom stereocenters. The summed E-state index contributed by atoms with van der Waals surface area (Å²) in [6, 6.07) is 0. The Morgan fingerprint density at radius 3 is 1.30 bits per heavy atom. The Balaban J connectivity index is 2.65. The van der Waals surface area contributed by atoms with E-state index >= 15 is 0 Å². The molecule has 0 aliphatic carbocycles. The smallest absolute Gasteiger partial charge is 0.0602 e. The van der Waals surface area contributed by atoms with Crippen LogP contribution in [0.25, 0.3) is 0 Å². The number of hydrogen-bond donors (Lipinski definition) is 0. The Kier molecular flexibility index (Phi) is 4.04. The van der Waals surface area contributed by atoms with Crippen LogP contribution >= 0.6 is 0 Å². The Labute approximate surface area is 128 Å². The first-order valence-electron chi connectivity index (χ1n) is 8.20. The third-order valence-electron chi connectivity index (χ3n) is 5.25. The van der Waals surface area contributed by atoms with Crippen LogP contribution in [-0.4, -0.2) is 14.7 Å². The first kappa shape index (κ1) is 16.3. The Bertz CT molecular complexity index is 407. The molecule has 2 bridgehead atoms. The molecule has 0 saturated carbocycles. The van der Waals surface area contributed by atoms with E-state index in [0.717, 1.165) is 0 Å². The van der Waals surface area contributed by atoms with Gasteiger partial charge < -0.3 is 0 Å². The highest BCUT2D eigenvalue weighted by Crippen LogP contribution is 2.59. The Morgan fingerprint density at radius 2 is 1.10 bits per heavy atom. The highest BCUT2D eigenvalue weighted by Gasteiger charge is 2.59. The minimum absolute atomic E-state index is 0.143. The fourth-order valence-electron chi connectivity index (χ4n) is 4.61. The van der Waals surface area contributed by atoms with Gasteiger partial charge >= 0.3 is 0 Å². The number of rotatable bonds is 2. The van der Waals surface area contributed by atoms with Gasteiger partial charge in [0.1, 0.15) is 0 Å². The molecule has 0 radical (unpaired) electrons. The summed E-state index contributed by atoms with van der Waals surface area (Å²) in [6.07, 6.45) is 2.34. The van der Waals surface area contributed by atoms with Crippen LogP contribution in [-0.2, 0) is 10.8 Å². The van der Waals surface area contributed by atoms with E-state index in [1.54, 1.807) is 0 Å². The third-order valence-corrected chi connectivity index (χ3v) is 7.42. The minimum atomic E-state index is -0.688. The van der Waals surface area contributed by atoms with E-state index in [4.69, 9.17) is 0 Å². The van der Waals surface area contributed by atoms with Gasteiger partial charge in [0, 0.05) is 10.8 Å². The van der Waals surface area contributed by atoms with Gasteiger partial charge in [-0.05, 0) is 33.8 Å². The second-order valence-electron chi connectivity index (χ2n) is 8.64. The van der Waals surface area contributed by atoms with E-state index in [2.05, 4.69) is 55.4 Å². The van der Waals surface area contributed by atoms with Gasteiger partial charge in [-0.25, -0.2) is 0 Å². The average molecular weight is 297 g/mol. The van der Waals surface area contributed by atoms with Crippen LogP contribution in [0.1, 0.15) is 68.2 Å². The number of fused-ring (bicyclic) bond motifs is 2. The van der Waals surface area contributed by atoms with Crippen molar-refractivity contribution in [1.82, 2.24) is 0 Å². The topological polar surface area (TPSA) is 17.1 Å². The van der Waals surface area contributed by atoms with Gasteiger partial charge in [-0.3, -0.25) is 4.21 Å². The predicted octanol–water partition coefficient (Wildman–Crippen LogP) is 4.94. The van der Waals surface area contributed by atoms with Crippen LogP contribution in [0.2, 0.25) is 0 Å². The first-order chi connectivity index (χ1) is 9.05. The minimum Gasteiger partial charge on any atom is -0.258 e. The van der Waals surface area contributed by atoms with Crippen LogP contribution in [0.5, 0.6) is 0 Å². The summed E-state index contributed by atoms with van der Waals surface area (Å²) < 4.78 is 13.1. The Hall–Kier alpha value is -0.110. The monoisotopic (exact) mass is 296 g/mol. The van der Waals surface area contributed by atoms with Crippen LogP contribution in [0, 0.1) is 22.7 Å². The molecular weight excluding hydrogens is 264 g/mol. The van der Waals surface area contributed by atoms with Gasteiger partial charge in [0.15, 0.2) is 0 Å². The van der Waals surface area contributed by atoms with Gasteiger partial charge in [0.2, 0.25) is 0 Å². The molecule has 0 aromatic heterocycles. The Morgan fingerprint density at radius 1 is 0.800 bits per heavy atom. The van der Waals surface area contributed by atoms with Crippen LogP contribution in [0.4, 0.5) is 0 Å². The largest absolute Gasteiger partial charge is 0.258 e. The third kappa shape index (κ3) is 2.23. The standard InChI is InChI=1S/C18H32OS/c1-9-11-12(10-2)16-14(18(6,7)8)13(17(3,4)5)15(11)20(16)19/h11-12,15-16H,9-10H2,1-8H3/t11-,12+,15+,16-,20?. The maximum absolute atomic E-state index is 13.1. The summed E-state index contributed by atoms with van der Waals surface area (Å²) in [5, 5.41) is 0.647. The molecule has 1 nitrogen and oxygen atoms in total. The molecule has 1 saturated heterocycles. The molecule has 0 N–H and O–H groups in total. The van der Waals surface area contributed by atoms with E-state index in [9.17, 15) is 4.21 Å². The van der Waals surface area contributed by atoms with Gasteiger partial charge in [-0.1, -0.05) is 68.2 Å². The van der Waals surface area contributed by atoms with Gasteiger partial charge in [-0.15, -0.1) is 0 Å². The highest BCUT2D eigenvalue weighted by atomic mass is 32.2. The van der Waals surface area contributed by atoms with E-state index in [1.807, 2.05) is 0 Å². The van der Waals surface area contributed by atoms with Crippen molar-refractivity contribution in [2.75, 3.05) is 0 Å². The molecule has 116 valence electrons. The fraction of sp³-hybridized carbons (Fsp3) is 0.889. The molecule has 0 amide bonds. The summed E-state index contributed by atoms with van der Waals surface area (Å²) in [5.74, 6) is 1.26. The molecule has 2 heteroatoms. The summed E-state index contributed by atoms with van der Waals surface area (Å²) in [5.41, 5.74) is 3.35. The van der Waals surface area contributed by atoms with Crippen LogP contribution in [0.15, 0.2) is 11.1 Å². The maximum Gasteiger partial charge on any atom is 0.0602 e. The normalized spacial score (nSPS) is 37.9. The lowest BCUT2D eigenvalue weighted by Gasteiger charge is -2.41. The van der Waals surface area contributed by atoms with Crippen molar-refractivity contribution in [2.24, 2.45) is 22.7 Å². The van der Waals surface area contributed by atoms with Gasteiger partial charge in [0.25, 0.3) is 0 Å². The van der Waals surface area contributed by atoms with E-state index in [-0.39, 0.29) is 10.8 Å². The molecule has 2 rings (SSSR count). The van der Waals surface area contributed by atoms with Crippen molar-refractivity contribution in [2.45, 2.75) is 78.7 Å². The molecular formula is C18H32OS. The zero-order valence-corrected chi connectivity index (χ0v) is 15.4. The van der Waals surface area contributed by atoms with Crippen molar-refractivity contribution in [3.05, 3.63) is 11.1 Å². The SMILES string of the molecule is CC[C@@H]1[C@H](CC)[C@@H]2C(C(C)(C)C)=C(C(C)(C)C)[C@H]1S2=O. The number of hydrogen-bond acceptors (Lipinski definition) is 1. The molecule has 1 unspecified atom stereocenters. The summed E-state index contributed by atoms with van der Waals surface area (Å²) in [7, 11) is -0.688. The van der Waals surface area contributed by atoms with Crippen molar-refractivity contribution in [1.29, 1.82) is 0 Å². The highest BCUT2D eigenvalue weighted by molar-refractivity contribution is 7.87. The molecule has 0 aromatic rings. The van der Waals surface area contributed by atoms with E-state index < -0.39 is 10.8 Å². The average Bonchev–Trinajstić information content (AvgIpc) is 2.74. The second-order valence-corrected chi connectivity index (χ2v) is 10.3. The predicted molar refractivity (Wildman–Crippen MR) is 89.2 cm³/mol. The molecule has 1 fully saturated rings. The first-order valence-corrected chi connectivity index (χ1v) is 9.47. The van der Waals surface area contributed by atoms with Crippen molar-refractivity contribution in [3.8, 4) is 0 Å². The van der Waals surface area contributed by atoms with E-state index in [1.165, 1.54) is 24.0 Å². The molecule has 2 aliphatic rings. The van der Waals surface area contributed by atoms with Crippen molar-refractivity contribution in [3.63, 3.8) is 0 Å². The zero-order valence-electron chi connectivity index (χ0n) is 14.5. The van der Waals surface area contributed by atoms with Crippen molar-refractivity contribution >= 4 is 10.8 Å². The summed E-state index contributed by atoms with van der Waals surface area (Å²) >= 11 is 0. The lowest BCUT2D eigenvalue weighted by atomic mass is 9.62. The van der Waals surface area contributed by atoms with Crippen LogP contribution < -0.4 is 0 Å². The van der Waals surface area contributed by atoms with Crippen LogP contribution in [0.3, 0.4) is 0 Å². The maximum atomic E-state index is 13.1. The molecule has 0 aromatic carbocycles. The lowest BCUT2D eigenvalue weighted by molar-refractivity contribution is 0.277. The van der Waals surface area contributed by atoms with E-state index in [0.29, 0.717) is 22.3 Å². The van der Waals surface area contributed by atoms with Gasteiger partial charge in [-0.2, -0.15) is 0 Å². The molecule has 0 spiro atoms. The second kappa shape index (κ2) is 4.97. The lowest BCUT2D eigenvalue weighted by Crippen LogP contribution is -2.36. The molecule has 2 aliphatic heterocycles. The summed E-state index contributed by atoms with van der Waals surface area (Å²) in [6.45, 7) is 18.4.